The van der Waals surface area contributed by atoms with E-state index in [-0.39, 0.29) is 0 Å². The third-order valence-electron chi connectivity index (χ3n) is 1.30. The molecule has 0 spiro atoms. The molecule has 0 radical (unpaired) electrons. The van der Waals surface area contributed by atoms with Crippen LogP contribution >= 0.6 is 11.3 Å². The lowest BCUT2D eigenvalue weighted by Gasteiger charge is -1.79. The molecule has 1 aliphatic rings. The second-order valence-corrected chi connectivity index (χ2v) is 3.18. The predicted octanol–water partition coefficient (Wildman–Crippen LogP) is 1.52. The molecule has 1 aromatic heterocycles. The first-order valence-electron chi connectivity index (χ1n) is 2.90. The number of thiazole rings is 1. The minimum atomic E-state index is 0.329. The van der Waals surface area contributed by atoms with E-state index in [2.05, 4.69) is 10.4 Å². The number of epoxide rings is 1. The van der Waals surface area contributed by atoms with Gasteiger partial charge in [0.2, 0.25) is 0 Å². The highest BCUT2D eigenvalue weighted by atomic mass is 32.1. The SMILES string of the molecule is Cc1nc([C@H]2CO2)cs1. The largest absolute Gasteiger partial charge is 0.366 e. The Hall–Kier alpha value is -0.410. The zero-order valence-electron chi connectivity index (χ0n) is 5.13. The van der Waals surface area contributed by atoms with Gasteiger partial charge < -0.3 is 4.74 Å². The van der Waals surface area contributed by atoms with Crippen molar-refractivity contribution < 1.29 is 4.74 Å². The number of hydrogen-bond donors (Lipinski definition) is 0. The zero-order valence-corrected chi connectivity index (χ0v) is 5.94. The smallest absolute Gasteiger partial charge is 0.124 e. The first kappa shape index (κ1) is 5.38. The highest BCUT2D eigenvalue weighted by molar-refractivity contribution is 7.09. The molecule has 1 atom stereocenters. The summed E-state index contributed by atoms with van der Waals surface area (Å²) in [5.74, 6) is 0. The number of aryl methyl sites for hydroxylation is 1. The molecule has 0 bridgehead atoms. The highest BCUT2D eigenvalue weighted by Crippen LogP contribution is 2.29. The monoisotopic (exact) mass is 141 g/mol. The molecule has 1 saturated heterocycles. The predicted molar refractivity (Wildman–Crippen MR) is 35.5 cm³/mol. The number of aromatic nitrogens is 1. The van der Waals surface area contributed by atoms with Crippen molar-refractivity contribution in [3.63, 3.8) is 0 Å². The molecule has 3 heteroatoms. The Balaban J connectivity index is 2.28. The Kier molecular flexibility index (Phi) is 1.07. The van der Waals surface area contributed by atoms with Crippen LogP contribution in [0.1, 0.15) is 16.8 Å². The van der Waals surface area contributed by atoms with Crippen molar-refractivity contribution in [3.8, 4) is 0 Å². The van der Waals surface area contributed by atoms with Gasteiger partial charge in [-0.3, -0.25) is 0 Å². The molecular weight excluding hydrogens is 134 g/mol. The first-order valence-corrected chi connectivity index (χ1v) is 3.78. The lowest BCUT2D eigenvalue weighted by atomic mass is 10.4. The van der Waals surface area contributed by atoms with Crippen LogP contribution in [0.3, 0.4) is 0 Å². The van der Waals surface area contributed by atoms with Gasteiger partial charge in [-0.25, -0.2) is 4.98 Å². The average molecular weight is 141 g/mol. The van der Waals surface area contributed by atoms with E-state index in [1.54, 1.807) is 11.3 Å². The van der Waals surface area contributed by atoms with Gasteiger partial charge in [-0.15, -0.1) is 11.3 Å². The molecule has 0 unspecified atom stereocenters. The third-order valence-corrected chi connectivity index (χ3v) is 2.09. The number of nitrogens with zero attached hydrogens (tertiary/aromatic N) is 1. The molecule has 0 saturated carbocycles. The van der Waals surface area contributed by atoms with Crippen LogP contribution in [0.2, 0.25) is 0 Å². The van der Waals surface area contributed by atoms with Crippen molar-refractivity contribution in [3.05, 3.63) is 16.1 Å². The number of rotatable bonds is 1. The van der Waals surface area contributed by atoms with Gasteiger partial charge in [-0.1, -0.05) is 0 Å². The van der Waals surface area contributed by atoms with Crippen molar-refractivity contribution in [2.45, 2.75) is 13.0 Å². The summed E-state index contributed by atoms with van der Waals surface area (Å²) in [6, 6.07) is 0. The van der Waals surface area contributed by atoms with Gasteiger partial charge in [0.15, 0.2) is 0 Å². The van der Waals surface area contributed by atoms with E-state index in [0.717, 1.165) is 17.3 Å². The molecule has 1 fully saturated rings. The van der Waals surface area contributed by atoms with E-state index in [0.29, 0.717) is 6.10 Å². The number of ether oxygens (including phenoxy) is 1. The maximum absolute atomic E-state index is 5.05. The topological polar surface area (TPSA) is 25.4 Å². The zero-order chi connectivity index (χ0) is 6.27. The Labute approximate surface area is 57.5 Å². The van der Waals surface area contributed by atoms with Gasteiger partial charge in [0, 0.05) is 5.38 Å². The second kappa shape index (κ2) is 1.78. The summed E-state index contributed by atoms with van der Waals surface area (Å²) in [4.78, 5) is 4.27. The molecule has 0 aliphatic carbocycles. The third kappa shape index (κ3) is 0.976. The molecule has 9 heavy (non-hydrogen) atoms. The highest BCUT2D eigenvalue weighted by Gasteiger charge is 2.26. The van der Waals surface area contributed by atoms with Gasteiger partial charge in [-0.05, 0) is 6.92 Å². The Bertz CT molecular complexity index is 217. The van der Waals surface area contributed by atoms with Gasteiger partial charge >= 0.3 is 0 Å². The van der Waals surface area contributed by atoms with Crippen LogP contribution in [0.5, 0.6) is 0 Å². The van der Waals surface area contributed by atoms with Crippen LogP contribution in [0.25, 0.3) is 0 Å². The second-order valence-electron chi connectivity index (χ2n) is 2.11. The van der Waals surface area contributed by atoms with E-state index in [1.807, 2.05) is 6.92 Å². The summed E-state index contributed by atoms with van der Waals surface area (Å²) in [5, 5.41) is 3.19. The van der Waals surface area contributed by atoms with Crippen molar-refractivity contribution in [1.29, 1.82) is 0 Å². The summed E-state index contributed by atoms with van der Waals surface area (Å²) >= 11 is 1.68. The van der Waals surface area contributed by atoms with Crippen LogP contribution < -0.4 is 0 Å². The lowest BCUT2D eigenvalue weighted by molar-refractivity contribution is 0.412. The maximum atomic E-state index is 5.05. The van der Waals surface area contributed by atoms with Crippen LogP contribution in [0.15, 0.2) is 5.38 Å². The van der Waals surface area contributed by atoms with Crippen molar-refractivity contribution in [2.24, 2.45) is 0 Å². The van der Waals surface area contributed by atoms with Crippen LogP contribution in [0, 0.1) is 6.92 Å². The summed E-state index contributed by atoms with van der Waals surface area (Å²) in [6.45, 7) is 2.87. The summed E-state index contributed by atoms with van der Waals surface area (Å²) in [5.41, 5.74) is 1.11. The minimum Gasteiger partial charge on any atom is -0.366 e. The standard InChI is InChI=1S/C6H7NOS/c1-4-7-5(3-9-4)6-2-8-6/h3,6H,2H2,1H3/t6-/m1/s1. The van der Waals surface area contributed by atoms with E-state index >= 15 is 0 Å². The van der Waals surface area contributed by atoms with Crippen LogP contribution in [0.4, 0.5) is 0 Å². The maximum Gasteiger partial charge on any atom is 0.124 e. The van der Waals surface area contributed by atoms with Gasteiger partial charge in [0.25, 0.3) is 0 Å². The molecule has 2 nitrogen and oxygen atoms in total. The van der Waals surface area contributed by atoms with Crippen LogP contribution in [-0.4, -0.2) is 11.6 Å². The Morgan fingerprint density at radius 1 is 1.89 bits per heavy atom. The van der Waals surface area contributed by atoms with E-state index < -0.39 is 0 Å². The van der Waals surface area contributed by atoms with E-state index in [9.17, 15) is 0 Å². The van der Waals surface area contributed by atoms with Crippen molar-refractivity contribution in [2.75, 3.05) is 6.61 Å². The minimum absolute atomic E-state index is 0.329. The molecule has 0 aromatic carbocycles. The molecular formula is C6H7NOS. The summed E-state index contributed by atoms with van der Waals surface area (Å²) in [7, 11) is 0. The summed E-state index contributed by atoms with van der Waals surface area (Å²) in [6.07, 6.45) is 0.329. The normalized spacial score (nSPS) is 24.3. The molecule has 48 valence electrons. The molecule has 1 aliphatic heterocycles. The average Bonchev–Trinajstić information content (AvgIpc) is 2.58. The molecule has 0 N–H and O–H groups in total. The fraction of sp³-hybridized carbons (Fsp3) is 0.500. The fourth-order valence-corrected chi connectivity index (χ4v) is 1.40. The van der Waals surface area contributed by atoms with Crippen molar-refractivity contribution in [1.82, 2.24) is 4.98 Å². The summed E-state index contributed by atoms with van der Waals surface area (Å²) < 4.78 is 5.05. The molecule has 1 aromatic rings. The molecule has 2 rings (SSSR count). The quantitative estimate of drug-likeness (QED) is 0.554. The van der Waals surface area contributed by atoms with Crippen LogP contribution in [-0.2, 0) is 4.74 Å². The van der Waals surface area contributed by atoms with Crippen molar-refractivity contribution >= 4 is 11.3 Å². The Morgan fingerprint density at radius 2 is 2.67 bits per heavy atom. The first-order chi connectivity index (χ1) is 4.36. The van der Waals surface area contributed by atoms with Gasteiger partial charge in [-0.2, -0.15) is 0 Å². The van der Waals surface area contributed by atoms with Gasteiger partial charge in [0.1, 0.15) is 6.10 Å². The fourth-order valence-electron chi connectivity index (χ4n) is 0.747. The molecule has 2 heterocycles. The van der Waals surface area contributed by atoms with E-state index in [1.165, 1.54) is 0 Å². The molecule has 0 amide bonds. The number of hydrogen-bond acceptors (Lipinski definition) is 3. The van der Waals surface area contributed by atoms with E-state index in [4.69, 9.17) is 4.74 Å². The lowest BCUT2D eigenvalue weighted by Crippen LogP contribution is -1.78. The Morgan fingerprint density at radius 3 is 3.11 bits per heavy atom. The van der Waals surface area contributed by atoms with Gasteiger partial charge in [0.05, 0.1) is 17.3 Å².